The standard InChI is InChI=1S/C25H33N3O5S.H2/c1-18(2)21-7-11-23(12-8-21)34(32-33-34)28-16-15-27(19(3)29)17-24(28)25(30)26-14-13-20-5-9-22(31-4)10-6-20;/h5-12,18,24H,13-17H2,1-4H3,(H,26,30);1H/t24-;/m1./s1. The Morgan fingerprint density at radius 1 is 1.12 bits per heavy atom. The Labute approximate surface area is 204 Å². The van der Waals surface area contributed by atoms with Crippen LogP contribution in [0.15, 0.2) is 53.4 Å². The van der Waals surface area contributed by atoms with Crippen LogP contribution in [0.5, 0.6) is 5.75 Å². The highest BCUT2D eigenvalue weighted by atomic mass is 32.3. The van der Waals surface area contributed by atoms with Gasteiger partial charge in [-0.15, -0.1) is 0 Å². The first-order chi connectivity index (χ1) is 16.3. The second kappa shape index (κ2) is 10.4. The molecule has 2 fully saturated rings. The van der Waals surface area contributed by atoms with Gasteiger partial charge in [0.15, 0.2) is 0 Å². The molecular weight excluding hydrogens is 454 g/mol. The summed E-state index contributed by atoms with van der Waals surface area (Å²) in [4.78, 5) is 28.0. The average Bonchev–Trinajstić information content (AvgIpc) is 3.66. The molecule has 2 amide bonds. The van der Waals surface area contributed by atoms with Crippen LogP contribution in [0.3, 0.4) is 0 Å². The second-order valence-corrected chi connectivity index (χ2v) is 11.0. The Morgan fingerprint density at radius 3 is 2.35 bits per heavy atom. The molecule has 0 aromatic heterocycles. The van der Waals surface area contributed by atoms with Crippen LogP contribution in [0.25, 0.3) is 0 Å². The van der Waals surface area contributed by atoms with E-state index in [1.807, 2.05) is 40.7 Å². The lowest BCUT2D eigenvalue weighted by Crippen LogP contribution is -2.59. The van der Waals surface area contributed by atoms with Gasteiger partial charge in [0, 0.05) is 34.5 Å². The molecule has 0 spiro atoms. The van der Waals surface area contributed by atoms with E-state index in [4.69, 9.17) is 13.4 Å². The van der Waals surface area contributed by atoms with Gasteiger partial charge in [-0.1, -0.05) is 46.8 Å². The van der Waals surface area contributed by atoms with Crippen molar-refractivity contribution in [1.29, 1.82) is 0 Å². The molecule has 0 radical (unpaired) electrons. The molecule has 2 heterocycles. The summed E-state index contributed by atoms with van der Waals surface area (Å²) in [5, 5.41) is 3.05. The van der Waals surface area contributed by atoms with Crippen molar-refractivity contribution in [3.05, 3.63) is 59.7 Å². The van der Waals surface area contributed by atoms with E-state index < -0.39 is 16.8 Å². The second-order valence-electron chi connectivity index (χ2n) is 8.85. The fourth-order valence-corrected chi connectivity index (χ4v) is 6.23. The Morgan fingerprint density at radius 2 is 1.79 bits per heavy atom. The lowest BCUT2D eigenvalue weighted by atomic mass is 10.0. The molecule has 2 aromatic carbocycles. The fourth-order valence-electron chi connectivity index (χ4n) is 4.14. The SMILES string of the molecule is COc1ccc(CCNC(=O)[C@H]2CN(C(C)=O)CCN2S2(c3ccc(C(C)C)cc3)OO2)cc1.[HH]. The molecule has 2 saturated heterocycles. The molecule has 34 heavy (non-hydrogen) atoms. The summed E-state index contributed by atoms with van der Waals surface area (Å²) >= 11 is 0. The van der Waals surface area contributed by atoms with E-state index in [9.17, 15) is 9.59 Å². The van der Waals surface area contributed by atoms with Crippen molar-refractivity contribution in [3.8, 4) is 5.75 Å². The third-order valence-electron chi connectivity index (χ3n) is 6.30. The number of ether oxygens (including phenoxy) is 1. The number of rotatable bonds is 8. The zero-order valence-electron chi connectivity index (χ0n) is 20.2. The fraction of sp³-hybridized carbons (Fsp3) is 0.440. The van der Waals surface area contributed by atoms with Crippen LogP contribution in [0.2, 0.25) is 0 Å². The first kappa shape index (κ1) is 24.5. The molecule has 0 bridgehead atoms. The minimum absolute atomic E-state index is 0. The van der Waals surface area contributed by atoms with E-state index in [1.165, 1.54) is 12.5 Å². The van der Waals surface area contributed by atoms with Gasteiger partial charge in [0.1, 0.15) is 11.8 Å². The zero-order valence-corrected chi connectivity index (χ0v) is 21.0. The van der Waals surface area contributed by atoms with Gasteiger partial charge < -0.3 is 15.0 Å². The van der Waals surface area contributed by atoms with Crippen molar-refractivity contribution in [2.45, 2.75) is 44.0 Å². The number of benzene rings is 2. The molecule has 0 unspecified atom stereocenters. The van der Waals surface area contributed by atoms with Crippen molar-refractivity contribution in [3.63, 3.8) is 0 Å². The number of hydrogen-bond donors (Lipinski definition) is 1. The molecule has 2 aromatic rings. The lowest BCUT2D eigenvalue weighted by Gasteiger charge is -2.43. The Balaban J connectivity index is 0.00000342. The van der Waals surface area contributed by atoms with Crippen LogP contribution in [0, 0.1) is 0 Å². The minimum atomic E-state index is -2.16. The summed E-state index contributed by atoms with van der Waals surface area (Å²) in [5.74, 6) is 1.04. The Kier molecular flexibility index (Phi) is 7.47. The van der Waals surface area contributed by atoms with Gasteiger partial charge in [0.2, 0.25) is 11.8 Å². The maximum Gasteiger partial charge on any atom is 0.240 e. The molecule has 0 saturated carbocycles. The average molecular weight is 490 g/mol. The molecule has 2 aliphatic heterocycles. The Hall–Kier alpha value is -2.59. The summed E-state index contributed by atoms with van der Waals surface area (Å²) in [6, 6.07) is 15.4. The third kappa shape index (κ3) is 5.22. The molecular formula is C25H35N3O5S. The van der Waals surface area contributed by atoms with Crippen LogP contribution in [0.4, 0.5) is 0 Å². The van der Waals surface area contributed by atoms with Crippen molar-refractivity contribution in [2.75, 3.05) is 33.3 Å². The number of carbonyl (C=O) groups is 2. The molecule has 186 valence electrons. The van der Waals surface area contributed by atoms with Gasteiger partial charge in [0.25, 0.3) is 0 Å². The number of hydrogen-bond acceptors (Lipinski definition) is 6. The van der Waals surface area contributed by atoms with Gasteiger partial charge in [-0.2, -0.15) is 4.31 Å². The van der Waals surface area contributed by atoms with Crippen LogP contribution >= 0.6 is 10.8 Å². The van der Waals surface area contributed by atoms with E-state index in [2.05, 4.69) is 31.3 Å². The Bertz CT molecular complexity index is 1010. The number of nitrogens with one attached hydrogen (secondary N) is 1. The molecule has 8 nitrogen and oxygen atoms in total. The quantitative estimate of drug-likeness (QED) is 0.448. The summed E-state index contributed by atoms with van der Waals surface area (Å²) in [6.07, 6.45) is 0.695. The van der Waals surface area contributed by atoms with E-state index >= 15 is 0 Å². The minimum Gasteiger partial charge on any atom is -0.497 e. The van der Waals surface area contributed by atoms with Gasteiger partial charge in [0.05, 0.1) is 12.0 Å². The van der Waals surface area contributed by atoms with Crippen LogP contribution in [0.1, 0.15) is 39.2 Å². The van der Waals surface area contributed by atoms with Gasteiger partial charge in [-0.05, 0) is 58.5 Å². The maximum atomic E-state index is 13.3. The highest BCUT2D eigenvalue weighted by Gasteiger charge is 2.53. The number of nitrogens with zero attached hydrogens (tertiary/aromatic N) is 2. The first-order valence-electron chi connectivity index (χ1n) is 11.6. The topological polar surface area (TPSA) is 86.9 Å². The number of piperazine rings is 1. The van der Waals surface area contributed by atoms with Crippen molar-refractivity contribution in [2.24, 2.45) is 0 Å². The van der Waals surface area contributed by atoms with E-state index in [1.54, 1.807) is 12.0 Å². The molecule has 1 N–H and O–H groups in total. The van der Waals surface area contributed by atoms with Crippen LogP contribution in [-0.4, -0.2) is 60.4 Å². The van der Waals surface area contributed by atoms with E-state index in [-0.39, 0.29) is 13.2 Å². The lowest BCUT2D eigenvalue weighted by molar-refractivity contribution is -0.134. The predicted molar refractivity (Wildman–Crippen MR) is 133 cm³/mol. The van der Waals surface area contributed by atoms with Crippen LogP contribution < -0.4 is 10.1 Å². The molecule has 9 heteroatoms. The predicted octanol–water partition coefficient (Wildman–Crippen LogP) is 3.83. The molecule has 2 aliphatic rings. The summed E-state index contributed by atoms with van der Waals surface area (Å²) < 4.78 is 18.4. The van der Waals surface area contributed by atoms with Gasteiger partial charge in [-0.25, -0.2) is 0 Å². The van der Waals surface area contributed by atoms with E-state index in [0.717, 1.165) is 16.2 Å². The third-order valence-corrected chi connectivity index (χ3v) is 8.62. The number of carbonyl (C=O) groups excluding carboxylic acids is 2. The van der Waals surface area contributed by atoms with Gasteiger partial charge in [-0.3, -0.25) is 9.59 Å². The normalized spacial score (nSPS) is 20.6. The monoisotopic (exact) mass is 489 g/mol. The zero-order chi connectivity index (χ0) is 24.3. The highest BCUT2D eigenvalue weighted by molar-refractivity contribution is 8.27. The smallest absolute Gasteiger partial charge is 0.240 e. The molecule has 4 rings (SSSR count). The molecule has 1 atom stereocenters. The molecule has 0 aliphatic carbocycles. The highest BCUT2D eigenvalue weighted by Crippen LogP contribution is 2.74. The summed E-state index contributed by atoms with van der Waals surface area (Å²) in [5.41, 5.74) is 2.33. The summed E-state index contributed by atoms with van der Waals surface area (Å²) in [7, 11) is -0.527. The van der Waals surface area contributed by atoms with Gasteiger partial charge >= 0.3 is 0 Å². The van der Waals surface area contributed by atoms with E-state index in [0.29, 0.717) is 38.5 Å². The summed E-state index contributed by atoms with van der Waals surface area (Å²) in [6.45, 7) is 7.64. The largest absolute Gasteiger partial charge is 0.497 e. The number of methoxy groups -OCH3 is 1. The van der Waals surface area contributed by atoms with Crippen molar-refractivity contribution >= 4 is 22.6 Å². The van der Waals surface area contributed by atoms with Crippen molar-refractivity contribution in [1.82, 2.24) is 14.5 Å². The first-order valence-corrected chi connectivity index (χ1v) is 13.0. The number of amides is 2. The van der Waals surface area contributed by atoms with Crippen molar-refractivity contribution < 1.29 is 24.4 Å². The maximum absolute atomic E-state index is 13.3. The van der Waals surface area contributed by atoms with Crippen LogP contribution in [-0.2, 0) is 24.7 Å².